The van der Waals surface area contributed by atoms with Crippen LogP contribution in [0.2, 0.25) is 0 Å². The molecular weight excluding hydrogens is 254 g/mol. The molecule has 1 aliphatic rings. The van der Waals surface area contributed by atoms with E-state index in [0.29, 0.717) is 13.0 Å². The molecule has 1 atom stereocenters. The summed E-state index contributed by atoms with van der Waals surface area (Å²) in [5.41, 5.74) is 0. The van der Waals surface area contributed by atoms with Crippen LogP contribution in [0.4, 0.5) is 0 Å². The Morgan fingerprint density at radius 2 is 1.85 bits per heavy atom. The fourth-order valence-electron chi connectivity index (χ4n) is 2.65. The predicted octanol–water partition coefficient (Wildman–Crippen LogP) is 1.19. The van der Waals surface area contributed by atoms with Crippen LogP contribution in [0.25, 0.3) is 0 Å². The van der Waals surface area contributed by atoms with Gasteiger partial charge in [0.1, 0.15) is 0 Å². The highest BCUT2D eigenvalue weighted by molar-refractivity contribution is 5.84. The third kappa shape index (κ3) is 7.48. The van der Waals surface area contributed by atoms with E-state index in [1.165, 1.54) is 25.7 Å². The first kappa shape index (κ1) is 17.0. The second-order valence-electron chi connectivity index (χ2n) is 5.73. The number of carbonyl (C=O) groups excluding carboxylic acids is 2. The summed E-state index contributed by atoms with van der Waals surface area (Å²) in [4.78, 5) is 23.2. The second-order valence-corrected chi connectivity index (χ2v) is 5.73. The molecule has 116 valence electrons. The summed E-state index contributed by atoms with van der Waals surface area (Å²) in [7, 11) is 0. The molecule has 0 saturated heterocycles. The van der Waals surface area contributed by atoms with Gasteiger partial charge in [0.15, 0.2) is 0 Å². The first-order chi connectivity index (χ1) is 9.61. The zero-order valence-electron chi connectivity index (χ0n) is 12.8. The lowest BCUT2D eigenvalue weighted by Crippen LogP contribution is -2.43. The Morgan fingerprint density at radius 1 is 1.15 bits per heavy atom. The topological polar surface area (TPSA) is 70.2 Å². The molecule has 0 aliphatic heterocycles. The molecule has 1 saturated carbocycles. The van der Waals surface area contributed by atoms with Crippen LogP contribution < -0.4 is 16.0 Å². The molecule has 0 unspecified atom stereocenters. The van der Waals surface area contributed by atoms with E-state index in [0.717, 1.165) is 18.9 Å². The van der Waals surface area contributed by atoms with Gasteiger partial charge >= 0.3 is 0 Å². The van der Waals surface area contributed by atoms with Gasteiger partial charge in [-0.25, -0.2) is 0 Å². The van der Waals surface area contributed by atoms with Crippen molar-refractivity contribution in [2.75, 3.05) is 19.6 Å². The smallest absolute Gasteiger partial charge is 0.239 e. The number of nitrogens with one attached hydrogen (secondary N) is 3. The third-order valence-electron chi connectivity index (χ3n) is 3.86. The van der Waals surface area contributed by atoms with E-state index >= 15 is 0 Å². The minimum Gasteiger partial charge on any atom is -0.353 e. The fourth-order valence-corrected chi connectivity index (χ4v) is 2.65. The van der Waals surface area contributed by atoms with Crippen molar-refractivity contribution in [1.82, 2.24) is 16.0 Å². The molecule has 5 nitrogen and oxygen atoms in total. The van der Waals surface area contributed by atoms with Crippen molar-refractivity contribution in [3.8, 4) is 0 Å². The van der Waals surface area contributed by atoms with Gasteiger partial charge in [-0.3, -0.25) is 9.59 Å². The highest BCUT2D eigenvalue weighted by atomic mass is 16.2. The van der Waals surface area contributed by atoms with Crippen LogP contribution in [0.1, 0.15) is 52.4 Å². The summed E-state index contributed by atoms with van der Waals surface area (Å²) in [6, 6.07) is 0.252. The summed E-state index contributed by atoms with van der Waals surface area (Å²) in [6.07, 6.45) is 6.64. The Kier molecular flexibility index (Phi) is 8.26. The normalized spacial score (nSPS) is 16.9. The molecule has 1 fully saturated rings. The second kappa shape index (κ2) is 9.75. The molecule has 0 aromatic heterocycles. The zero-order chi connectivity index (χ0) is 14.8. The average Bonchev–Trinajstić information content (AvgIpc) is 2.94. The largest absolute Gasteiger partial charge is 0.353 e. The average molecular weight is 283 g/mol. The van der Waals surface area contributed by atoms with Crippen LogP contribution in [0.5, 0.6) is 0 Å². The maximum Gasteiger partial charge on any atom is 0.239 e. The number of hydrogen-bond acceptors (Lipinski definition) is 3. The van der Waals surface area contributed by atoms with Crippen LogP contribution in [0, 0.1) is 5.92 Å². The predicted molar refractivity (Wildman–Crippen MR) is 80.4 cm³/mol. The van der Waals surface area contributed by atoms with Crippen molar-refractivity contribution in [1.29, 1.82) is 0 Å². The standard InChI is InChI=1S/C15H29N3O2/c1-3-16-12(2)10-17-15(20)11-18-14(19)9-8-13-6-4-5-7-13/h12-13,16H,3-11H2,1-2H3,(H,17,20)(H,18,19)/t12-/m1/s1. The van der Waals surface area contributed by atoms with E-state index in [1.807, 2.05) is 13.8 Å². The molecule has 0 spiro atoms. The van der Waals surface area contributed by atoms with E-state index < -0.39 is 0 Å². The Morgan fingerprint density at radius 3 is 2.50 bits per heavy atom. The monoisotopic (exact) mass is 283 g/mol. The summed E-state index contributed by atoms with van der Waals surface area (Å²) in [5, 5.41) is 8.71. The van der Waals surface area contributed by atoms with Crippen molar-refractivity contribution in [2.24, 2.45) is 5.92 Å². The molecule has 3 N–H and O–H groups in total. The molecular formula is C15H29N3O2. The van der Waals surface area contributed by atoms with Gasteiger partial charge in [0.05, 0.1) is 6.54 Å². The van der Waals surface area contributed by atoms with Gasteiger partial charge in [-0.1, -0.05) is 32.6 Å². The molecule has 2 amide bonds. The van der Waals surface area contributed by atoms with Crippen LogP contribution >= 0.6 is 0 Å². The van der Waals surface area contributed by atoms with Gasteiger partial charge in [-0.15, -0.1) is 0 Å². The number of rotatable bonds is 9. The summed E-state index contributed by atoms with van der Waals surface area (Å²) >= 11 is 0. The van der Waals surface area contributed by atoms with Crippen molar-refractivity contribution in [3.05, 3.63) is 0 Å². The van der Waals surface area contributed by atoms with Crippen LogP contribution in [-0.2, 0) is 9.59 Å². The van der Waals surface area contributed by atoms with Gasteiger partial charge in [0.25, 0.3) is 0 Å². The highest BCUT2D eigenvalue weighted by Crippen LogP contribution is 2.28. The van der Waals surface area contributed by atoms with Crippen LogP contribution in [0.15, 0.2) is 0 Å². The summed E-state index contributed by atoms with van der Waals surface area (Å²) < 4.78 is 0. The Hall–Kier alpha value is -1.10. The Balaban J connectivity index is 2.03. The Labute approximate surface area is 122 Å². The quantitative estimate of drug-likeness (QED) is 0.595. The molecule has 20 heavy (non-hydrogen) atoms. The van der Waals surface area contributed by atoms with Crippen molar-refractivity contribution in [3.63, 3.8) is 0 Å². The molecule has 0 heterocycles. The minimum absolute atomic E-state index is 0.00761. The number of likely N-dealkylation sites (N-methyl/N-ethyl adjacent to an activating group) is 1. The molecule has 0 aromatic rings. The first-order valence-electron chi connectivity index (χ1n) is 7.88. The molecule has 0 bridgehead atoms. The third-order valence-corrected chi connectivity index (χ3v) is 3.86. The van der Waals surface area contributed by atoms with Crippen LogP contribution in [-0.4, -0.2) is 37.5 Å². The Bertz CT molecular complexity index is 301. The lowest BCUT2D eigenvalue weighted by atomic mass is 10.0. The number of carbonyl (C=O) groups is 2. The van der Waals surface area contributed by atoms with Crippen LogP contribution in [0.3, 0.4) is 0 Å². The summed E-state index contributed by atoms with van der Waals surface area (Å²) in [6.45, 7) is 5.61. The maximum absolute atomic E-state index is 11.6. The molecule has 5 heteroatoms. The SMILES string of the molecule is CCN[C@H](C)CNC(=O)CNC(=O)CCC1CCCC1. The fraction of sp³-hybridized carbons (Fsp3) is 0.867. The van der Waals surface area contributed by atoms with Gasteiger partial charge in [0.2, 0.25) is 11.8 Å². The highest BCUT2D eigenvalue weighted by Gasteiger charge is 2.16. The molecule has 0 radical (unpaired) electrons. The number of amides is 2. The van der Waals surface area contributed by atoms with Gasteiger partial charge in [0, 0.05) is 19.0 Å². The number of hydrogen-bond donors (Lipinski definition) is 3. The summed E-state index contributed by atoms with van der Waals surface area (Å²) in [5.74, 6) is 0.589. The van der Waals surface area contributed by atoms with Crippen molar-refractivity contribution < 1.29 is 9.59 Å². The van der Waals surface area contributed by atoms with Crippen molar-refractivity contribution in [2.45, 2.75) is 58.4 Å². The van der Waals surface area contributed by atoms with E-state index in [2.05, 4.69) is 16.0 Å². The van der Waals surface area contributed by atoms with Gasteiger partial charge in [-0.05, 0) is 25.8 Å². The zero-order valence-corrected chi connectivity index (χ0v) is 12.8. The molecule has 0 aromatic carbocycles. The molecule has 1 aliphatic carbocycles. The first-order valence-corrected chi connectivity index (χ1v) is 7.88. The van der Waals surface area contributed by atoms with E-state index in [1.54, 1.807) is 0 Å². The maximum atomic E-state index is 11.6. The lowest BCUT2D eigenvalue weighted by Gasteiger charge is -2.13. The van der Waals surface area contributed by atoms with Gasteiger partial charge in [-0.2, -0.15) is 0 Å². The van der Waals surface area contributed by atoms with E-state index in [9.17, 15) is 9.59 Å². The molecule has 1 rings (SSSR count). The minimum atomic E-state index is -0.121. The van der Waals surface area contributed by atoms with E-state index in [-0.39, 0.29) is 24.4 Å². The van der Waals surface area contributed by atoms with Gasteiger partial charge < -0.3 is 16.0 Å². The van der Waals surface area contributed by atoms with E-state index in [4.69, 9.17) is 0 Å². The van der Waals surface area contributed by atoms with Crippen molar-refractivity contribution >= 4 is 11.8 Å². The lowest BCUT2D eigenvalue weighted by molar-refractivity contribution is -0.126.